The highest BCUT2D eigenvalue weighted by Gasteiger charge is 2.40. The summed E-state index contributed by atoms with van der Waals surface area (Å²) in [7, 11) is 0. The Morgan fingerprint density at radius 2 is 2.06 bits per heavy atom. The van der Waals surface area contributed by atoms with Crippen LogP contribution in [0.25, 0.3) is 0 Å². The fraction of sp³-hybridized carbons (Fsp3) is 0.435. The van der Waals surface area contributed by atoms with Crippen molar-refractivity contribution in [1.29, 1.82) is 0 Å². The molecule has 170 valence electrons. The number of benzene rings is 1. The molecule has 1 saturated heterocycles. The molecule has 0 radical (unpaired) electrons. The van der Waals surface area contributed by atoms with Crippen LogP contribution in [0.1, 0.15) is 71.1 Å². The predicted molar refractivity (Wildman–Crippen MR) is 117 cm³/mol. The number of hydrogen-bond donors (Lipinski definition) is 2. The third kappa shape index (κ3) is 3.51. The van der Waals surface area contributed by atoms with E-state index >= 15 is 0 Å². The zero-order valence-electron chi connectivity index (χ0n) is 18.4. The number of amides is 2. The number of aromatic hydroxyl groups is 1. The number of nitrogens with one attached hydrogen (secondary N) is 1. The number of halogens is 1. The van der Waals surface area contributed by atoms with E-state index in [1.165, 1.54) is 23.0 Å². The molecule has 2 aromatic rings. The van der Waals surface area contributed by atoms with Gasteiger partial charge in [0.1, 0.15) is 17.5 Å². The van der Waals surface area contributed by atoms with E-state index in [4.69, 9.17) is 0 Å². The molecule has 0 saturated carbocycles. The van der Waals surface area contributed by atoms with Gasteiger partial charge in [0.2, 0.25) is 5.43 Å². The van der Waals surface area contributed by atoms with Crippen molar-refractivity contribution in [3.8, 4) is 5.75 Å². The number of carbonyl (C=O) groups is 2. The van der Waals surface area contributed by atoms with Gasteiger partial charge in [-0.2, -0.15) is 0 Å². The minimum absolute atomic E-state index is 0.117. The highest BCUT2D eigenvalue weighted by molar-refractivity contribution is 5.99. The van der Waals surface area contributed by atoms with Crippen LogP contribution in [0.5, 0.6) is 5.75 Å². The van der Waals surface area contributed by atoms with E-state index in [0.29, 0.717) is 24.2 Å². The van der Waals surface area contributed by atoms with Crippen molar-refractivity contribution in [2.24, 2.45) is 0 Å². The van der Waals surface area contributed by atoms with E-state index in [-0.39, 0.29) is 23.2 Å². The molecule has 2 aliphatic rings. The second kappa shape index (κ2) is 8.29. The summed E-state index contributed by atoms with van der Waals surface area (Å²) in [6.07, 6.45) is 3.80. The first-order valence-corrected chi connectivity index (χ1v) is 10.9. The fourth-order valence-electron chi connectivity index (χ4n) is 4.72. The number of carbonyl (C=O) groups excluding carboxylic acids is 2. The summed E-state index contributed by atoms with van der Waals surface area (Å²) in [5.41, 5.74) is 0.127. The van der Waals surface area contributed by atoms with Gasteiger partial charge in [-0.05, 0) is 63.3 Å². The molecule has 0 spiro atoms. The Balaban J connectivity index is 1.72. The summed E-state index contributed by atoms with van der Waals surface area (Å²) in [6, 6.07) is 3.78. The molecule has 0 aliphatic carbocycles. The average molecular weight is 442 g/mol. The van der Waals surface area contributed by atoms with Crippen molar-refractivity contribution in [3.05, 3.63) is 62.8 Å². The smallest absolute Gasteiger partial charge is 0.278 e. The van der Waals surface area contributed by atoms with Gasteiger partial charge < -0.3 is 15.3 Å². The van der Waals surface area contributed by atoms with Crippen LogP contribution in [0.4, 0.5) is 4.39 Å². The number of aromatic nitrogens is 1. The average Bonchev–Trinajstić information content (AvgIpc) is 2.75. The van der Waals surface area contributed by atoms with E-state index in [0.717, 1.165) is 19.3 Å². The number of hydrogen-bond acceptors (Lipinski definition) is 5. The van der Waals surface area contributed by atoms with E-state index in [2.05, 4.69) is 5.32 Å². The summed E-state index contributed by atoms with van der Waals surface area (Å²) in [5, 5.41) is 15.3. The summed E-state index contributed by atoms with van der Waals surface area (Å²) in [6.45, 7) is 6.41. The molecule has 0 bridgehead atoms. The van der Waals surface area contributed by atoms with Crippen LogP contribution >= 0.6 is 0 Å². The maximum absolute atomic E-state index is 13.4. The van der Waals surface area contributed by atoms with Crippen LogP contribution in [0.3, 0.4) is 0 Å². The van der Waals surface area contributed by atoms with E-state index < -0.39 is 29.0 Å². The molecule has 2 atom stereocenters. The molecule has 32 heavy (non-hydrogen) atoms. The van der Waals surface area contributed by atoms with Crippen LogP contribution < -0.4 is 15.8 Å². The second-order valence-corrected chi connectivity index (χ2v) is 8.34. The topological polar surface area (TPSA) is 94.9 Å². The molecule has 2 aliphatic heterocycles. The Kier molecular flexibility index (Phi) is 5.66. The van der Waals surface area contributed by atoms with Gasteiger partial charge in [0.15, 0.2) is 11.4 Å². The van der Waals surface area contributed by atoms with Crippen LogP contribution in [0, 0.1) is 12.7 Å². The third-order valence-corrected chi connectivity index (χ3v) is 6.34. The van der Waals surface area contributed by atoms with Gasteiger partial charge in [0, 0.05) is 19.3 Å². The van der Waals surface area contributed by atoms with E-state index in [9.17, 15) is 23.9 Å². The zero-order valence-corrected chi connectivity index (χ0v) is 18.4. The molecule has 3 heterocycles. The normalized spacial score (nSPS) is 18.8. The fourth-order valence-corrected chi connectivity index (χ4v) is 4.72. The minimum atomic E-state index is -0.892. The van der Waals surface area contributed by atoms with Gasteiger partial charge in [0.25, 0.3) is 11.8 Å². The molecule has 1 aromatic carbocycles. The molecule has 1 fully saturated rings. The van der Waals surface area contributed by atoms with Crippen LogP contribution in [-0.4, -0.2) is 45.8 Å². The highest BCUT2D eigenvalue weighted by Crippen LogP contribution is 2.29. The third-order valence-electron chi connectivity index (χ3n) is 6.34. The first kappa shape index (κ1) is 21.9. The first-order chi connectivity index (χ1) is 15.2. The molecule has 2 amide bonds. The first-order valence-electron chi connectivity index (χ1n) is 10.9. The van der Waals surface area contributed by atoms with Gasteiger partial charge in [-0.25, -0.2) is 4.39 Å². The van der Waals surface area contributed by atoms with Crippen molar-refractivity contribution in [1.82, 2.24) is 14.9 Å². The maximum Gasteiger partial charge on any atom is 0.278 e. The number of rotatable bonds is 4. The molecule has 4 rings (SSSR count). The molecule has 8 nitrogen and oxygen atoms in total. The maximum atomic E-state index is 13.4. The molecule has 0 unspecified atom stereocenters. The Morgan fingerprint density at radius 1 is 1.31 bits per heavy atom. The van der Waals surface area contributed by atoms with Crippen LogP contribution in [-0.2, 0) is 0 Å². The summed E-state index contributed by atoms with van der Waals surface area (Å²) < 4.78 is 14.9. The zero-order chi connectivity index (χ0) is 23.2. The van der Waals surface area contributed by atoms with Gasteiger partial charge in [0.05, 0.1) is 6.04 Å². The highest BCUT2D eigenvalue weighted by atomic mass is 19.1. The number of nitrogens with zero attached hydrogens (tertiary/aromatic N) is 3. The number of pyridine rings is 1. The van der Waals surface area contributed by atoms with Gasteiger partial charge in [-0.15, -0.1) is 0 Å². The van der Waals surface area contributed by atoms with Crippen molar-refractivity contribution in [3.63, 3.8) is 0 Å². The number of fused-ring (bicyclic) bond motifs is 3. The lowest BCUT2D eigenvalue weighted by Crippen LogP contribution is -2.63. The molecular weight excluding hydrogens is 415 g/mol. The van der Waals surface area contributed by atoms with Gasteiger partial charge in [-0.3, -0.25) is 24.1 Å². The van der Waals surface area contributed by atoms with Crippen LogP contribution in [0.15, 0.2) is 29.2 Å². The molecular formula is C23H27FN4O4. The second-order valence-electron chi connectivity index (χ2n) is 8.34. The lowest BCUT2D eigenvalue weighted by molar-refractivity contribution is 0.0534. The Labute approximate surface area is 185 Å². The molecule has 2 N–H and O–H groups in total. The standard InChI is InChI=1S/C23H27FN4O4/c1-4-26-18-7-5-6-10-27(18)28-12-17(20(29)21(30)19(28)23(26)32)22(31)25-14(3)16-9-8-15(24)11-13(16)2/h8-9,11-12,14,18,30H,4-7,10H2,1-3H3,(H,25,31)/t14-,18+/m1/s1. The van der Waals surface area contributed by atoms with Crippen molar-refractivity contribution < 1.29 is 19.1 Å². The lowest BCUT2D eigenvalue weighted by atomic mass is 10.0. The summed E-state index contributed by atoms with van der Waals surface area (Å²) in [4.78, 5) is 40.5. The van der Waals surface area contributed by atoms with E-state index in [1.807, 2.05) is 11.9 Å². The predicted octanol–water partition coefficient (Wildman–Crippen LogP) is 2.42. The Bertz CT molecular complexity index is 1150. The molecule has 9 heteroatoms. The monoisotopic (exact) mass is 442 g/mol. The van der Waals surface area contributed by atoms with Gasteiger partial charge in [-0.1, -0.05) is 6.07 Å². The van der Waals surface area contributed by atoms with Gasteiger partial charge >= 0.3 is 0 Å². The quantitative estimate of drug-likeness (QED) is 0.758. The summed E-state index contributed by atoms with van der Waals surface area (Å²) in [5.74, 6) is -2.19. The van der Waals surface area contributed by atoms with Crippen molar-refractivity contribution >= 4 is 11.8 Å². The van der Waals surface area contributed by atoms with Crippen molar-refractivity contribution in [2.45, 2.75) is 52.2 Å². The Morgan fingerprint density at radius 3 is 2.75 bits per heavy atom. The van der Waals surface area contributed by atoms with Crippen LogP contribution in [0.2, 0.25) is 0 Å². The minimum Gasteiger partial charge on any atom is -0.502 e. The number of aryl methyl sites for hydroxylation is 1. The van der Waals surface area contributed by atoms with E-state index in [1.54, 1.807) is 24.8 Å². The lowest BCUT2D eigenvalue weighted by Gasteiger charge is -2.48. The molecule has 1 aromatic heterocycles. The largest absolute Gasteiger partial charge is 0.502 e. The Hall–Kier alpha value is -3.36. The number of piperidine rings is 1. The summed E-state index contributed by atoms with van der Waals surface area (Å²) >= 11 is 0. The van der Waals surface area contributed by atoms with Crippen molar-refractivity contribution in [2.75, 3.05) is 18.1 Å². The SMILES string of the molecule is CCN1C(=O)c2c(O)c(=O)c(C(=O)N[C@H](C)c3ccc(F)cc3C)cn2N2CCCC[C@@H]12.